The second-order valence-electron chi connectivity index (χ2n) is 6.19. The van der Waals surface area contributed by atoms with Gasteiger partial charge >= 0.3 is 0 Å². The second-order valence-corrected chi connectivity index (χ2v) is 7.56. The molecule has 1 aliphatic rings. The fraction of sp³-hybridized carbons (Fsp3) is 0.500. The van der Waals surface area contributed by atoms with Crippen molar-refractivity contribution in [3.63, 3.8) is 0 Å². The molecule has 0 bridgehead atoms. The van der Waals surface area contributed by atoms with Gasteiger partial charge in [0.25, 0.3) is 0 Å². The summed E-state index contributed by atoms with van der Waals surface area (Å²) >= 11 is 7.33. The maximum atomic E-state index is 12.1. The molecule has 2 aromatic rings. The minimum absolute atomic E-state index is 0.0372. The molecule has 0 unspecified atom stereocenters. The molecule has 0 aliphatic carbocycles. The van der Waals surface area contributed by atoms with Crippen LogP contribution in [0.15, 0.2) is 29.4 Å². The molecular weight excluding hydrogens is 388 g/mol. The van der Waals surface area contributed by atoms with Crippen LogP contribution in [0.4, 0.5) is 0 Å². The molecule has 3 rings (SSSR count). The molecule has 1 amide bonds. The van der Waals surface area contributed by atoms with Crippen LogP contribution in [0, 0.1) is 0 Å². The summed E-state index contributed by atoms with van der Waals surface area (Å²) in [6, 6.07) is 7.44. The Morgan fingerprint density at radius 2 is 2.22 bits per heavy atom. The monoisotopic (exact) mass is 410 g/mol. The average molecular weight is 411 g/mol. The highest BCUT2D eigenvalue weighted by atomic mass is 35.5. The largest absolute Gasteiger partial charge is 0.383 e. The molecule has 7 nitrogen and oxygen atoms in total. The quantitative estimate of drug-likeness (QED) is 0.640. The lowest BCUT2D eigenvalue weighted by Crippen LogP contribution is -2.33. The summed E-state index contributed by atoms with van der Waals surface area (Å²) in [4.78, 5) is 12.1. The smallest absolute Gasteiger partial charge is 0.230 e. The van der Waals surface area contributed by atoms with Gasteiger partial charge in [-0.05, 0) is 37.1 Å². The number of methoxy groups -OCH3 is 1. The van der Waals surface area contributed by atoms with Crippen molar-refractivity contribution in [2.45, 2.75) is 30.6 Å². The molecule has 0 spiro atoms. The van der Waals surface area contributed by atoms with Crippen molar-refractivity contribution in [2.24, 2.45) is 0 Å². The van der Waals surface area contributed by atoms with Crippen molar-refractivity contribution in [1.29, 1.82) is 0 Å². The van der Waals surface area contributed by atoms with E-state index in [9.17, 15) is 4.79 Å². The first-order valence-electron chi connectivity index (χ1n) is 8.86. The van der Waals surface area contributed by atoms with E-state index in [1.807, 2.05) is 28.8 Å². The maximum Gasteiger partial charge on any atom is 0.230 e. The number of halogens is 1. The number of rotatable bonds is 9. The van der Waals surface area contributed by atoms with Crippen molar-refractivity contribution in [1.82, 2.24) is 20.1 Å². The van der Waals surface area contributed by atoms with E-state index >= 15 is 0 Å². The molecule has 1 aromatic carbocycles. The van der Waals surface area contributed by atoms with Gasteiger partial charge in [0.2, 0.25) is 5.91 Å². The molecule has 1 saturated heterocycles. The van der Waals surface area contributed by atoms with Crippen LogP contribution in [0.5, 0.6) is 0 Å². The third kappa shape index (κ3) is 5.68. The van der Waals surface area contributed by atoms with Gasteiger partial charge in [-0.25, -0.2) is 0 Å². The van der Waals surface area contributed by atoms with Crippen LogP contribution in [0.25, 0.3) is 11.4 Å². The summed E-state index contributed by atoms with van der Waals surface area (Å²) in [6.45, 7) is 2.47. The van der Waals surface area contributed by atoms with Crippen LogP contribution in [0.2, 0.25) is 5.02 Å². The SMILES string of the molecule is COCCn1c(SCC(=O)NC[C@H]2CCCO2)nnc1-c1ccc(Cl)cc1. The molecule has 2 heterocycles. The van der Waals surface area contributed by atoms with Crippen molar-refractivity contribution >= 4 is 29.3 Å². The predicted octanol–water partition coefficient (Wildman–Crippen LogP) is 2.63. The van der Waals surface area contributed by atoms with Gasteiger partial charge in [-0.3, -0.25) is 9.36 Å². The Kier molecular flexibility index (Phi) is 7.51. The van der Waals surface area contributed by atoms with Crippen LogP contribution < -0.4 is 5.32 Å². The lowest BCUT2D eigenvalue weighted by molar-refractivity contribution is -0.119. The molecule has 1 aromatic heterocycles. The Bertz CT molecular complexity index is 748. The molecule has 1 N–H and O–H groups in total. The van der Waals surface area contributed by atoms with Gasteiger partial charge in [-0.15, -0.1) is 10.2 Å². The highest BCUT2D eigenvalue weighted by Gasteiger charge is 2.18. The van der Waals surface area contributed by atoms with E-state index in [-0.39, 0.29) is 17.8 Å². The molecule has 9 heteroatoms. The number of hydrogen-bond acceptors (Lipinski definition) is 6. The Hall–Kier alpha value is -1.61. The summed E-state index contributed by atoms with van der Waals surface area (Å²) in [5.74, 6) is 0.967. The first-order valence-corrected chi connectivity index (χ1v) is 10.2. The first-order chi connectivity index (χ1) is 13.2. The molecule has 0 radical (unpaired) electrons. The van der Waals surface area contributed by atoms with Crippen LogP contribution in [-0.2, 0) is 20.8 Å². The highest BCUT2D eigenvalue weighted by molar-refractivity contribution is 7.99. The van der Waals surface area contributed by atoms with Crippen LogP contribution in [-0.4, -0.2) is 59.4 Å². The lowest BCUT2D eigenvalue weighted by atomic mass is 10.2. The number of ether oxygens (including phenoxy) is 2. The van der Waals surface area contributed by atoms with E-state index in [4.69, 9.17) is 21.1 Å². The van der Waals surface area contributed by atoms with E-state index in [2.05, 4.69) is 15.5 Å². The number of aromatic nitrogens is 3. The number of nitrogens with one attached hydrogen (secondary N) is 1. The summed E-state index contributed by atoms with van der Waals surface area (Å²) in [5.41, 5.74) is 0.915. The Morgan fingerprint density at radius 3 is 2.93 bits per heavy atom. The fourth-order valence-electron chi connectivity index (χ4n) is 2.81. The maximum absolute atomic E-state index is 12.1. The number of benzene rings is 1. The molecular formula is C18H23ClN4O3S. The highest BCUT2D eigenvalue weighted by Crippen LogP contribution is 2.25. The number of thioether (sulfide) groups is 1. The molecule has 1 aliphatic heterocycles. The lowest BCUT2D eigenvalue weighted by Gasteiger charge is -2.11. The minimum Gasteiger partial charge on any atom is -0.383 e. The van der Waals surface area contributed by atoms with Crippen molar-refractivity contribution in [3.8, 4) is 11.4 Å². The van der Waals surface area contributed by atoms with Gasteiger partial charge in [0.05, 0.1) is 25.0 Å². The van der Waals surface area contributed by atoms with E-state index < -0.39 is 0 Å². The molecule has 1 fully saturated rings. The normalized spacial score (nSPS) is 16.6. The summed E-state index contributed by atoms with van der Waals surface area (Å²) in [6.07, 6.45) is 2.20. The topological polar surface area (TPSA) is 78.3 Å². The zero-order chi connectivity index (χ0) is 19.1. The van der Waals surface area contributed by atoms with Crippen molar-refractivity contribution in [2.75, 3.05) is 32.6 Å². The van der Waals surface area contributed by atoms with Gasteiger partial charge in [-0.2, -0.15) is 0 Å². The summed E-state index contributed by atoms with van der Waals surface area (Å²) in [7, 11) is 1.65. The van der Waals surface area contributed by atoms with Crippen molar-refractivity contribution in [3.05, 3.63) is 29.3 Å². The summed E-state index contributed by atoms with van der Waals surface area (Å²) < 4.78 is 12.7. The first kappa shape index (κ1) is 20.1. The predicted molar refractivity (Wildman–Crippen MR) is 105 cm³/mol. The second kappa shape index (κ2) is 10.1. The molecule has 146 valence electrons. The van der Waals surface area contributed by atoms with Gasteiger partial charge < -0.3 is 14.8 Å². The van der Waals surface area contributed by atoms with Gasteiger partial charge in [-0.1, -0.05) is 23.4 Å². The van der Waals surface area contributed by atoms with Crippen LogP contribution in [0.3, 0.4) is 0 Å². The number of amides is 1. The van der Waals surface area contributed by atoms with E-state index in [1.54, 1.807) is 7.11 Å². The Morgan fingerprint density at radius 1 is 1.41 bits per heavy atom. The number of carbonyl (C=O) groups excluding carboxylic acids is 1. The number of nitrogens with zero attached hydrogens (tertiary/aromatic N) is 3. The third-order valence-electron chi connectivity index (χ3n) is 4.22. The average Bonchev–Trinajstić information content (AvgIpc) is 3.33. The summed E-state index contributed by atoms with van der Waals surface area (Å²) in [5, 5.41) is 12.8. The van der Waals surface area contributed by atoms with E-state index in [0.29, 0.717) is 29.9 Å². The van der Waals surface area contributed by atoms with Crippen molar-refractivity contribution < 1.29 is 14.3 Å². The van der Waals surface area contributed by atoms with Crippen LogP contribution >= 0.6 is 23.4 Å². The Balaban J connectivity index is 1.63. The van der Waals surface area contributed by atoms with E-state index in [0.717, 1.165) is 30.8 Å². The minimum atomic E-state index is -0.0372. The van der Waals surface area contributed by atoms with Gasteiger partial charge in [0, 0.05) is 30.8 Å². The third-order valence-corrected chi connectivity index (χ3v) is 5.44. The number of carbonyl (C=O) groups is 1. The zero-order valence-corrected chi connectivity index (χ0v) is 16.8. The van der Waals surface area contributed by atoms with Gasteiger partial charge in [0.15, 0.2) is 11.0 Å². The Labute approximate surface area is 167 Å². The fourth-order valence-corrected chi connectivity index (χ4v) is 3.73. The standard InChI is InChI=1S/C18H23ClN4O3S/c1-25-10-8-23-17(13-4-6-14(19)7-5-13)21-22-18(23)27-12-16(24)20-11-15-3-2-9-26-15/h4-7,15H,2-3,8-12H2,1H3,(H,20,24)/t15-/m1/s1. The molecule has 27 heavy (non-hydrogen) atoms. The number of hydrogen-bond donors (Lipinski definition) is 1. The van der Waals surface area contributed by atoms with Gasteiger partial charge in [0.1, 0.15) is 0 Å². The molecule has 0 saturated carbocycles. The zero-order valence-electron chi connectivity index (χ0n) is 15.2. The van der Waals surface area contributed by atoms with E-state index in [1.165, 1.54) is 11.8 Å². The van der Waals surface area contributed by atoms with Crippen LogP contribution in [0.1, 0.15) is 12.8 Å². The molecule has 1 atom stereocenters.